The van der Waals surface area contributed by atoms with E-state index >= 15 is 0 Å². The largest absolute Gasteiger partial charge is 0.477 e. The van der Waals surface area contributed by atoms with Crippen LogP contribution in [0.5, 0.6) is 0 Å². The fourth-order valence-corrected chi connectivity index (χ4v) is 2.28. The second kappa shape index (κ2) is 8.41. The highest BCUT2D eigenvalue weighted by Gasteiger charge is 2.08. The predicted molar refractivity (Wildman–Crippen MR) is 98.7 cm³/mol. The van der Waals surface area contributed by atoms with Gasteiger partial charge in [-0.1, -0.05) is 12.1 Å². The summed E-state index contributed by atoms with van der Waals surface area (Å²) in [5, 5.41) is 18.2. The Kier molecular flexibility index (Phi) is 5.56. The fraction of sp³-hybridized carbons (Fsp3) is 0. The Labute approximate surface area is 158 Å². The van der Waals surface area contributed by atoms with Crippen LogP contribution in [0.2, 0.25) is 0 Å². The molecule has 9 heteroatoms. The predicted octanol–water partition coefficient (Wildman–Crippen LogP) is 2.56. The van der Waals surface area contributed by atoms with Gasteiger partial charge in [0, 0.05) is 23.3 Å². The molecule has 4 rings (SSSR count). The zero-order chi connectivity index (χ0) is 19.9. The molecule has 0 atom stereocenters. The van der Waals surface area contributed by atoms with E-state index in [1.807, 2.05) is 30.3 Å². The molecule has 0 amide bonds. The number of aromatic carboxylic acids is 2. The Morgan fingerprint density at radius 2 is 1.54 bits per heavy atom. The van der Waals surface area contributed by atoms with Crippen LogP contribution in [0, 0.1) is 0 Å². The van der Waals surface area contributed by atoms with Crippen LogP contribution in [0.25, 0.3) is 22.2 Å². The van der Waals surface area contributed by atoms with Crippen molar-refractivity contribution in [2.24, 2.45) is 0 Å². The van der Waals surface area contributed by atoms with Crippen LogP contribution in [0.1, 0.15) is 21.0 Å². The Bertz CT molecular complexity index is 1140. The van der Waals surface area contributed by atoms with Gasteiger partial charge in [-0.25, -0.2) is 29.5 Å². The smallest absolute Gasteiger partial charge is 0.354 e. The van der Waals surface area contributed by atoms with E-state index in [2.05, 4.69) is 24.9 Å². The van der Waals surface area contributed by atoms with Crippen molar-refractivity contribution in [2.75, 3.05) is 0 Å². The molecule has 2 N–H and O–H groups in total. The van der Waals surface area contributed by atoms with E-state index in [0.717, 1.165) is 16.5 Å². The van der Waals surface area contributed by atoms with Gasteiger partial charge >= 0.3 is 11.9 Å². The van der Waals surface area contributed by atoms with E-state index in [4.69, 9.17) is 10.2 Å². The first-order valence-electron chi connectivity index (χ1n) is 7.94. The first-order valence-corrected chi connectivity index (χ1v) is 7.94. The van der Waals surface area contributed by atoms with E-state index < -0.39 is 11.9 Å². The number of fused-ring (bicyclic) bond motifs is 1. The maximum atomic E-state index is 10.9. The van der Waals surface area contributed by atoms with Crippen molar-refractivity contribution in [3.05, 3.63) is 78.9 Å². The maximum Gasteiger partial charge on any atom is 0.354 e. The first-order chi connectivity index (χ1) is 13.5. The summed E-state index contributed by atoms with van der Waals surface area (Å²) < 4.78 is 0. The third-order valence-corrected chi connectivity index (χ3v) is 3.59. The quantitative estimate of drug-likeness (QED) is 0.553. The van der Waals surface area contributed by atoms with Crippen molar-refractivity contribution < 1.29 is 19.8 Å². The van der Waals surface area contributed by atoms with Crippen LogP contribution < -0.4 is 0 Å². The lowest BCUT2D eigenvalue weighted by atomic mass is 10.1. The normalized spacial score (nSPS) is 10.0. The number of nitrogens with zero attached hydrogens (tertiary/aromatic N) is 5. The molecule has 3 aromatic heterocycles. The van der Waals surface area contributed by atoms with Crippen LogP contribution in [-0.4, -0.2) is 47.1 Å². The summed E-state index contributed by atoms with van der Waals surface area (Å²) in [6, 6.07) is 12.3. The maximum absolute atomic E-state index is 10.9. The molecule has 0 unspecified atom stereocenters. The topological polar surface area (TPSA) is 139 Å². The van der Waals surface area contributed by atoms with Crippen LogP contribution in [0.15, 0.2) is 67.5 Å². The van der Waals surface area contributed by atoms with Gasteiger partial charge in [-0.2, -0.15) is 0 Å². The number of benzene rings is 1. The van der Waals surface area contributed by atoms with Gasteiger partial charge < -0.3 is 10.2 Å². The van der Waals surface area contributed by atoms with Gasteiger partial charge in [0.25, 0.3) is 0 Å². The van der Waals surface area contributed by atoms with Gasteiger partial charge in [0.05, 0.1) is 11.2 Å². The minimum atomic E-state index is -1.06. The number of carboxylic acid groups (broad SMARTS) is 2. The number of hydrogen-bond donors (Lipinski definition) is 2. The van der Waals surface area contributed by atoms with Crippen LogP contribution in [0.3, 0.4) is 0 Å². The van der Waals surface area contributed by atoms with Gasteiger partial charge in [0.1, 0.15) is 12.7 Å². The molecule has 0 saturated heterocycles. The van der Waals surface area contributed by atoms with Crippen LogP contribution in [0.4, 0.5) is 0 Å². The summed E-state index contributed by atoms with van der Waals surface area (Å²) in [6.07, 6.45) is 5.57. The molecule has 0 spiro atoms. The molecular weight excluding hydrogens is 362 g/mol. The van der Waals surface area contributed by atoms with Gasteiger partial charge in [-0.3, -0.25) is 4.98 Å². The summed E-state index contributed by atoms with van der Waals surface area (Å²) in [4.78, 5) is 40.1. The number of aromatic nitrogens is 5. The van der Waals surface area contributed by atoms with Gasteiger partial charge in [-0.15, -0.1) is 0 Å². The minimum absolute atomic E-state index is 0.0173. The van der Waals surface area contributed by atoms with Gasteiger partial charge in [-0.05, 0) is 30.3 Å². The lowest BCUT2D eigenvalue weighted by Crippen LogP contribution is -2.01. The second-order valence-corrected chi connectivity index (χ2v) is 5.40. The summed E-state index contributed by atoms with van der Waals surface area (Å²) >= 11 is 0. The molecule has 3 heterocycles. The van der Waals surface area contributed by atoms with E-state index in [9.17, 15) is 9.59 Å². The molecule has 1 aromatic carbocycles. The van der Waals surface area contributed by atoms with Crippen LogP contribution in [-0.2, 0) is 0 Å². The van der Waals surface area contributed by atoms with Crippen molar-refractivity contribution in [1.82, 2.24) is 24.9 Å². The fourth-order valence-electron chi connectivity index (χ4n) is 2.28. The molecule has 28 heavy (non-hydrogen) atoms. The van der Waals surface area contributed by atoms with Crippen molar-refractivity contribution in [3.63, 3.8) is 0 Å². The van der Waals surface area contributed by atoms with E-state index in [1.54, 1.807) is 6.20 Å². The molecule has 0 bridgehead atoms. The van der Waals surface area contributed by atoms with Gasteiger partial charge in [0.15, 0.2) is 11.4 Å². The molecule has 9 nitrogen and oxygen atoms in total. The zero-order valence-electron chi connectivity index (χ0n) is 14.3. The van der Waals surface area contributed by atoms with E-state index in [0.29, 0.717) is 5.69 Å². The minimum Gasteiger partial charge on any atom is -0.477 e. The average Bonchev–Trinajstić information content (AvgIpc) is 2.74. The summed E-state index contributed by atoms with van der Waals surface area (Å²) in [7, 11) is 0. The summed E-state index contributed by atoms with van der Waals surface area (Å²) in [6.45, 7) is 0. The highest BCUT2D eigenvalue weighted by molar-refractivity contribution is 5.88. The van der Waals surface area contributed by atoms with Crippen molar-refractivity contribution in [3.8, 4) is 11.3 Å². The SMILES string of the molecule is O=C(O)c1cc(-c2ccc3ncccc3c2)ncn1.O=C(O)c1ccncn1. The molecule has 138 valence electrons. The second-order valence-electron chi connectivity index (χ2n) is 5.40. The zero-order valence-corrected chi connectivity index (χ0v) is 14.3. The van der Waals surface area contributed by atoms with Crippen LogP contribution >= 0.6 is 0 Å². The van der Waals surface area contributed by atoms with Gasteiger partial charge in [0.2, 0.25) is 0 Å². The number of hydrogen-bond acceptors (Lipinski definition) is 7. The standard InChI is InChI=1S/C14H9N3O2.C5H4N2O2/c18-14(19)13-7-12(16-8-17-13)10-3-4-11-9(6-10)2-1-5-15-11;8-5(9)4-1-2-6-3-7-4/h1-8H,(H,18,19);1-3H,(H,8,9). The molecular formula is C19H13N5O4. The number of pyridine rings is 1. The molecule has 0 fully saturated rings. The summed E-state index contributed by atoms with van der Waals surface area (Å²) in [5.74, 6) is -2.09. The van der Waals surface area contributed by atoms with Crippen molar-refractivity contribution in [2.45, 2.75) is 0 Å². The Morgan fingerprint density at radius 1 is 0.750 bits per heavy atom. The number of carbonyl (C=O) groups is 2. The third-order valence-electron chi connectivity index (χ3n) is 3.59. The Morgan fingerprint density at radius 3 is 2.21 bits per heavy atom. The third kappa shape index (κ3) is 4.47. The number of rotatable bonds is 3. The molecule has 0 aliphatic carbocycles. The molecule has 0 aliphatic rings. The Hall–Kier alpha value is -4.27. The molecule has 0 saturated carbocycles. The lowest BCUT2D eigenvalue weighted by Gasteiger charge is -2.03. The number of carboxylic acids is 2. The summed E-state index contributed by atoms with van der Waals surface area (Å²) in [5.41, 5.74) is 2.31. The van der Waals surface area contributed by atoms with E-state index in [1.165, 1.54) is 31.0 Å². The monoisotopic (exact) mass is 375 g/mol. The van der Waals surface area contributed by atoms with Crippen molar-refractivity contribution >= 4 is 22.8 Å². The highest BCUT2D eigenvalue weighted by atomic mass is 16.4. The van der Waals surface area contributed by atoms with E-state index in [-0.39, 0.29) is 11.4 Å². The first kappa shape index (κ1) is 18.5. The molecule has 0 aliphatic heterocycles. The Balaban J connectivity index is 0.000000211. The van der Waals surface area contributed by atoms with Crippen molar-refractivity contribution in [1.29, 1.82) is 0 Å². The molecule has 0 radical (unpaired) electrons. The highest BCUT2D eigenvalue weighted by Crippen LogP contribution is 2.21. The average molecular weight is 375 g/mol. The lowest BCUT2D eigenvalue weighted by molar-refractivity contribution is 0.0679. The molecule has 4 aromatic rings.